The number of likely N-dealkylation sites (tertiary alicyclic amines) is 1. The number of carbonyl (C=O) groups excluding carboxylic acids is 2. The summed E-state index contributed by atoms with van der Waals surface area (Å²) >= 11 is 0. The van der Waals surface area contributed by atoms with Crippen LogP contribution in [0.3, 0.4) is 0 Å². The zero-order chi connectivity index (χ0) is 17.1. The Morgan fingerprint density at radius 2 is 2.17 bits per heavy atom. The first-order valence-corrected chi connectivity index (χ1v) is 8.22. The lowest BCUT2D eigenvalue weighted by Crippen LogP contribution is -2.54. The number of hydrogen-bond acceptors (Lipinski definition) is 4. The first-order chi connectivity index (χ1) is 10.8. The van der Waals surface area contributed by atoms with E-state index in [0.29, 0.717) is 26.2 Å². The third-order valence-electron chi connectivity index (χ3n) is 4.68. The van der Waals surface area contributed by atoms with Crippen molar-refractivity contribution in [2.24, 2.45) is 11.3 Å². The Morgan fingerprint density at radius 1 is 1.43 bits per heavy atom. The fraction of sp³-hybridized carbons (Fsp3) is 0.765. The van der Waals surface area contributed by atoms with Gasteiger partial charge in [-0.15, -0.1) is 0 Å². The maximum absolute atomic E-state index is 12.3. The lowest BCUT2D eigenvalue weighted by atomic mass is 9.69. The van der Waals surface area contributed by atoms with Crippen LogP contribution in [0.4, 0.5) is 4.79 Å². The Labute approximate surface area is 138 Å². The van der Waals surface area contributed by atoms with Crippen LogP contribution in [0.25, 0.3) is 0 Å². The number of rotatable bonds is 3. The maximum Gasteiger partial charge on any atom is 0.410 e. The lowest BCUT2D eigenvalue weighted by Gasteiger charge is -2.45. The van der Waals surface area contributed by atoms with Crippen LogP contribution in [0.15, 0.2) is 12.7 Å². The number of hydrogen-bond donors (Lipinski definition) is 1. The highest BCUT2D eigenvalue weighted by Crippen LogP contribution is 2.43. The van der Waals surface area contributed by atoms with Crippen molar-refractivity contribution < 1.29 is 19.1 Å². The van der Waals surface area contributed by atoms with Gasteiger partial charge in [0.15, 0.2) is 0 Å². The molecular formula is C17H28N2O4. The molecule has 130 valence electrons. The number of amides is 2. The summed E-state index contributed by atoms with van der Waals surface area (Å²) in [5.74, 6) is -0.0244. The molecule has 2 amide bonds. The van der Waals surface area contributed by atoms with Crippen LogP contribution in [0.1, 0.15) is 33.6 Å². The predicted octanol–water partition coefficient (Wildman–Crippen LogP) is 1.95. The average Bonchev–Trinajstić information content (AvgIpc) is 2.93. The van der Waals surface area contributed by atoms with Gasteiger partial charge in [-0.25, -0.2) is 4.79 Å². The molecule has 1 spiro atoms. The van der Waals surface area contributed by atoms with Crippen molar-refractivity contribution >= 4 is 12.0 Å². The van der Waals surface area contributed by atoms with Crippen LogP contribution in [-0.2, 0) is 14.3 Å². The van der Waals surface area contributed by atoms with E-state index in [9.17, 15) is 9.59 Å². The van der Waals surface area contributed by atoms with Crippen molar-refractivity contribution in [2.45, 2.75) is 39.2 Å². The van der Waals surface area contributed by atoms with Gasteiger partial charge < -0.3 is 19.7 Å². The number of carbonyl (C=O) groups is 2. The molecule has 2 fully saturated rings. The van der Waals surface area contributed by atoms with Crippen LogP contribution in [0.2, 0.25) is 0 Å². The van der Waals surface area contributed by atoms with Crippen molar-refractivity contribution in [3.8, 4) is 0 Å². The van der Waals surface area contributed by atoms with Gasteiger partial charge in [0, 0.05) is 37.6 Å². The Morgan fingerprint density at radius 3 is 2.74 bits per heavy atom. The Kier molecular flexibility index (Phi) is 5.34. The van der Waals surface area contributed by atoms with Gasteiger partial charge in [-0.2, -0.15) is 0 Å². The van der Waals surface area contributed by atoms with E-state index >= 15 is 0 Å². The molecule has 2 rings (SSSR count). The molecule has 0 aromatic heterocycles. The monoisotopic (exact) mass is 324 g/mol. The van der Waals surface area contributed by atoms with E-state index < -0.39 is 5.60 Å². The van der Waals surface area contributed by atoms with Gasteiger partial charge in [-0.3, -0.25) is 4.79 Å². The molecule has 2 saturated heterocycles. The first-order valence-electron chi connectivity index (χ1n) is 8.22. The Balaban J connectivity index is 2.04. The van der Waals surface area contributed by atoms with E-state index in [4.69, 9.17) is 9.47 Å². The van der Waals surface area contributed by atoms with Crippen molar-refractivity contribution in [3.05, 3.63) is 12.7 Å². The maximum atomic E-state index is 12.3. The van der Waals surface area contributed by atoms with Crippen LogP contribution in [0.5, 0.6) is 0 Å². The van der Waals surface area contributed by atoms with E-state index in [1.807, 2.05) is 20.8 Å². The van der Waals surface area contributed by atoms with Crippen LogP contribution in [-0.4, -0.2) is 55.3 Å². The minimum Gasteiger partial charge on any atom is -0.444 e. The van der Waals surface area contributed by atoms with E-state index in [2.05, 4.69) is 11.9 Å². The molecule has 0 aromatic carbocycles. The molecule has 6 heteroatoms. The summed E-state index contributed by atoms with van der Waals surface area (Å²) in [7, 11) is 0. The molecule has 0 aliphatic carbocycles. The predicted molar refractivity (Wildman–Crippen MR) is 87.0 cm³/mol. The van der Waals surface area contributed by atoms with Gasteiger partial charge in [-0.1, -0.05) is 6.58 Å². The van der Waals surface area contributed by atoms with Crippen LogP contribution >= 0.6 is 0 Å². The highest BCUT2D eigenvalue weighted by molar-refractivity contribution is 5.86. The van der Waals surface area contributed by atoms with Gasteiger partial charge in [0.2, 0.25) is 5.91 Å². The number of nitrogens with one attached hydrogen (secondary N) is 1. The fourth-order valence-corrected chi connectivity index (χ4v) is 3.32. The quantitative estimate of drug-likeness (QED) is 0.806. The molecule has 23 heavy (non-hydrogen) atoms. The van der Waals surface area contributed by atoms with E-state index in [-0.39, 0.29) is 23.3 Å². The van der Waals surface area contributed by atoms with Crippen LogP contribution < -0.4 is 5.32 Å². The fourth-order valence-electron chi connectivity index (χ4n) is 3.32. The molecule has 0 bridgehead atoms. The second-order valence-electron chi connectivity index (χ2n) is 7.49. The van der Waals surface area contributed by atoms with Gasteiger partial charge in [0.05, 0.1) is 6.61 Å². The highest BCUT2D eigenvalue weighted by Gasteiger charge is 2.47. The summed E-state index contributed by atoms with van der Waals surface area (Å²) in [6.45, 7) is 12.3. The molecule has 6 nitrogen and oxygen atoms in total. The second kappa shape index (κ2) is 6.91. The van der Waals surface area contributed by atoms with Crippen LogP contribution in [0, 0.1) is 11.3 Å². The molecule has 1 N–H and O–H groups in total. The third kappa shape index (κ3) is 4.47. The lowest BCUT2D eigenvalue weighted by molar-refractivity contribution is -0.117. The van der Waals surface area contributed by atoms with Gasteiger partial charge >= 0.3 is 6.09 Å². The molecule has 2 heterocycles. The van der Waals surface area contributed by atoms with Gasteiger partial charge in [0.25, 0.3) is 0 Å². The highest BCUT2D eigenvalue weighted by atomic mass is 16.6. The minimum atomic E-state index is -0.505. The second-order valence-corrected chi connectivity index (χ2v) is 7.49. The summed E-state index contributed by atoms with van der Waals surface area (Å²) in [5.41, 5.74) is -0.456. The van der Waals surface area contributed by atoms with E-state index in [0.717, 1.165) is 19.4 Å². The van der Waals surface area contributed by atoms with Gasteiger partial charge in [0.1, 0.15) is 5.60 Å². The van der Waals surface area contributed by atoms with Crippen molar-refractivity contribution in [2.75, 3.05) is 32.8 Å². The first kappa shape index (κ1) is 17.8. The van der Waals surface area contributed by atoms with Crippen molar-refractivity contribution in [1.29, 1.82) is 0 Å². The summed E-state index contributed by atoms with van der Waals surface area (Å²) in [5, 5.41) is 2.87. The van der Waals surface area contributed by atoms with Crippen molar-refractivity contribution in [1.82, 2.24) is 10.2 Å². The normalized spacial score (nSPS) is 27.8. The molecular weight excluding hydrogens is 296 g/mol. The molecule has 2 unspecified atom stereocenters. The zero-order valence-corrected chi connectivity index (χ0v) is 14.4. The number of piperidine rings is 1. The molecule has 2 aliphatic heterocycles. The summed E-state index contributed by atoms with van der Waals surface area (Å²) in [4.78, 5) is 25.6. The average molecular weight is 324 g/mol. The summed E-state index contributed by atoms with van der Waals surface area (Å²) < 4.78 is 11.1. The summed E-state index contributed by atoms with van der Waals surface area (Å²) in [6, 6.07) is 0. The largest absolute Gasteiger partial charge is 0.444 e. The standard InChI is InChI=1S/C17H28N2O4/c1-5-14(20)18-10-13-11-19(15(21)23-16(2,3)4)8-6-17(13)7-9-22-12-17/h5,13H,1,6-12H2,2-4H3,(H,18,20). The number of nitrogens with zero attached hydrogens (tertiary/aromatic N) is 1. The SMILES string of the molecule is C=CC(=O)NCC1CN(C(=O)OC(C)(C)C)CCC12CCOC2. The van der Waals surface area contributed by atoms with E-state index in [1.165, 1.54) is 6.08 Å². The Bertz CT molecular complexity index is 464. The third-order valence-corrected chi connectivity index (χ3v) is 4.68. The molecule has 0 saturated carbocycles. The van der Waals surface area contributed by atoms with Gasteiger partial charge in [-0.05, 0) is 39.7 Å². The molecule has 0 radical (unpaired) electrons. The molecule has 2 atom stereocenters. The minimum absolute atomic E-state index is 0.0486. The van der Waals surface area contributed by atoms with E-state index in [1.54, 1.807) is 4.90 Å². The Hall–Kier alpha value is -1.56. The smallest absolute Gasteiger partial charge is 0.410 e. The summed E-state index contributed by atoms with van der Waals surface area (Å²) in [6.07, 6.45) is 2.84. The number of ether oxygens (including phenoxy) is 2. The zero-order valence-electron chi connectivity index (χ0n) is 14.4. The molecule has 0 aromatic rings. The molecule has 2 aliphatic rings. The topological polar surface area (TPSA) is 67.9 Å². The van der Waals surface area contributed by atoms with Crippen molar-refractivity contribution in [3.63, 3.8) is 0 Å².